The summed E-state index contributed by atoms with van der Waals surface area (Å²) in [5, 5.41) is 0. The Balaban J connectivity index is 2.58. The summed E-state index contributed by atoms with van der Waals surface area (Å²) in [7, 11) is 0. The van der Waals surface area contributed by atoms with Crippen LogP contribution in [0, 0.1) is 0 Å². The number of aliphatic imine (C=N–C) groups is 1. The molecule has 0 aromatic carbocycles. The van der Waals surface area contributed by atoms with E-state index in [0.717, 1.165) is 10.1 Å². The minimum Gasteiger partial charge on any atom is -0.255 e. The molecule has 0 aromatic rings. The van der Waals surface area contributed by atoms with Crippen LogP contribution in [0.3, 0.4) is 0 Å². The number of nitrogens with zero attached hydrogens (tertiary/aromatic N) is 1. The van der Waals surface area contributed by atoms with E-state index in [1.807, 2.05) is 6.21 Å². The van der Waals surface area contributed by atoms with Crippen LogP contribution in [-0.4, -0.2) is 6.21 Å². The largest absolute Gasteiger partial charge is 0.255 e. The lowest BCUT2D eigenvalue weighted by Gasteiger charge is -1.94. The van der Waals surface area contributed by atoms with Crippen molar-refractivity contribution in [3.8, 4) is 0 Å². The van der Waals surface area contributed by atoms with Gasteiger partial charge < -0.3 is 0 Å². The monoisotopic (exact) mass is 207 g/mol. The Morgan fingerprint density at radius 1 is 1.57 bits per heavy atom. The van der Waals surface area contributed by atoms with Crippen molar-refractivity contribution in [2.24, 2.45) is 4.99 Å². The van der Waals surface area contributed by atoms with Crippen LogP contribution in [0.4, 0.5) is 0 Å². The molecule has 1 aliphatic rings. The van der Waals surface area contributed by atoms with Crippen molar-refractivity contribution in [1.29, 1.82) is 0 Å². The van der Waals surface area contributed by atoms with Gasteiger partial charge in [-0.25, -0.2) is 0 Å². The van der Waals surface area contributed by atoms with Crippen molar-refractivity contribution < 1.29 is 0 Å². The van der Waals surface area contributed by atoms with E-state index < -0.39 is 0 Å². The van der Waals surface area contributed by atoms with Gasteiger partial charge in [-0.05, 0) is 35.4 Å². The molecule has 0 fully saturated rings. The van der Waals surface area contributed by atoms with E-state index in [1.165, 1.54) is 6.42 Å². The van der Waals surface area contributed by atoms with Crippen molar-refractivity contribution in [3.05, 3.63) is 9.78 Å². The smallest absolute Gasteiger partial charge is 0.0965 e. The highest BCUT2D eigenvalue weighted by molar-refractivity contribution is 14.1. The molecule has 0 N–H and O–H groups in total. The van der Waals surface area contributed by atoms with Crippen LogP contribution in [0.5, 0.6) is 0 Å². The third-order valence-corrected chi connectivity index (χ3v) is 1.54. The summed E-state index contributed by atoms with van der Waals surface area (Å²) >= 11 is 2.22. The van der Waals surface area contributed by atoms with Crippen LogP contribution in [0.2, 0.25) is 0 Å². The molecule has 0 radical (unpaired) electrons. The van der Waals surface area contributed by atoms with Crippen LogP contribution < -0.4 is 0 Å². The van der Waals surface area contributed by atoms with Gasteiger partial charge in [0.2, 0.25) is 0 Å². The van der Waals surface area contributed by atoms with Gasteiger partial charge >= 0.3 is 0 Å². The van der Waals surface area contributed by atoms with Crippen molar-refractivity contribution in [3.63, 3.8) is 0 Å². The lowest BCUT2D eigenvalue weighted by Crippen LogP contribution is -1.80. The van der Waals surface area contributed by atoms with E-state index >= 15 is 0 Å². The van der Waals surface area contributed by atoms with Crippen molar-refractivity contribution in [2.45, 2.75) is 12.8 Å². The zero-order valence-corrected chi connectivity index (χ0v) is 6.05. The molecule has 0 amide bonds. The summed E-state index contributed by atoms with van der Waals surface area (Å²) in [5.74, 6) is 0. The Bertz CT molecular complexity index is 115. The third kappa shape index (κ3) is 1.59. The maximum absolute atomic E-state index is 4.05. The molecular weight excluding hydrogens is 201 g/mol. The maximum Gasteiger partial charge on any atom is 0.0965 e. The highest BCUT2D eigenvalue weighted by Crippen LogP contribution is 2.12. The van der Waals surface area contributed by atoms with E-state index in [1.54, 1.807) is 0 Å². The van der Waals surface area contributed by atoms with Crippen LogP contribution in [0.15, 0.2) is 14.8 Å². The molecule has 7 heavy (non-hydrogen) atoms. The Morgan fingerprint density at radius 3 is 2.71 bits per heavy atom. The minimum absolute atomic E-state index is 1.12. The van der Waals surface area contributed by atoms with Gasteiger partial charge in [0.05, 0.1) is 3.70 Å². The fraction of sp³-hybridized carbons (Fsp3) is 0.400. The molecule has 0 aromatic heterocycles. The second-order valence-electron chi connectivity index (χ2n) is 1.42. The van der Waals surface area contributed by atoms with Crippen LogP contribution in [0.1, 0.15) is 12.8 Å². The van der Waals surface area contributed by atoms with Gasteiger partial charge in [0.25, 0.3) is 0 Å². The summed E-state index contributed by atoms with van der Waals surface area (Å²) in [4.78, 5) is 4.05. The number of hydrogen-bond donors (Lipinski definition) is 0. The first kappa shape index (κ1) is 5.28. The molecule has 38 valence electrons. The highest BCUT2D eigenvalue weighted by Gasteiger charge is 1.89. The molecule has 1 rings (SSSR count). The first-order chi connectivity index (χ1) is 3.39. The van der Waals surface area contributed by atoms with Gasteiger partial charge in [-0.1, -0.05) is 6.08 Å². The molecule has 0 saturated heterocycles. The predicted molar refractivity (Wildman–Crippen MR) is 39.8 cm³/mol. The molecular formula is C5H6IN. The fourth-order valence-electron chi connectivity index (χ4n) is 0.481. The second-order valence-corrected chi connectivity index (χ2v) is 2.52. The SMILES string of the molecule is IC1=CCCC=N1. The van der Waals surface area contributed by atoms with Crippen LogP contribution >= 0.6 is 22.6 Å². The predicted octanol–water partition coefficient (Wildman–Crippen LogP) is 2.13. The van der Waals surface area contributed by atoms with E-state index in [0.29, 0.717) is 0 Å². The lowest BCUT2D eigenvalue weighted by atomic mass is 10.3. The number of allylic oxidation sites excluding steroid dienone is 1. The zero-order valence-electron chi connectivity index (χ0n) is 3.89. The summed E-state index contributed by atoms with van der Waals surface area (Å²) in [6.45, 7) is 0. The standard InChI is InChI=1S/C5H6IN/c6-5-3-1-2-4-7-5/h3-4H,1-2H2. The minimum atomic E-state index is 1.12. The summed E-state index contributed by atoms with van der Waals surface area (Å²) < 4.78 is 1.13. The molecule has 2 heteroatoms. The van der Waals surface area contributed by atoms with Gasteiger partial charge in [-0.2, -0.15) is 0 Å². The van der Waals surface area contributed by atoms with Gasteiger partial charge in [0.15, 0.2) is 0 Å². The normalized spacial score (nSPS) is 19.3. The fourth-order valence-corrected chi connectivity index (χ4v) is 0.990. The topological polar surface area (TPSA) is 12.4 Å². The summed E-state index contributed by atoms with van der Waals surface area (Å²) in [6.07, 6.45) is 6.39. The first-order valence-electron chi connectivity index (χ1n) is 2.28. The maximum atomic E-state index is 4.05. The average Bonchev–Trinajstić information content (AvgIpc) is 1.69. The Hall–Kier alpha value is 0.140. The third-order valence-electron chi connectivity index (χ3n) is 0.823. The molecule has 1 heterocycles. The molecule has 0 atom stereocenters. The lowest BCUT2D eigenvalue weighted by molar-refractivity contribution is 1.08. The van der Waals surface area contributed by atoms with Gasteiger partial charge in [-0.3, -0.25) is 4.99 Å². The molecule has 1 nitrogen and oxygen atoms in total. The Kier molecular flexibility index (Phi) is 1.85. The molecule has 1 aliphatic heterocycles. The quantitative estimate of drug-likeness (QED) is 0.426. The van der Waals surface area contributed by atoms with Gasteiger partial charge in [0, 0.05) is 6.21 Å². The van der Waals surface area contributed by atoms with Crippen molar-refractivity contribution >= 4 is 28.8 Å². The van der Waals surface area contributed by atoms with Crippen LogP contribution in [0.25, 0.3) is 0 Å². The molecule has 0 spiro atoms. The van der Waals surface area contributed by atoms with E-state index in [9.17, 15) is 0 Å². The Morgan fingerprint density at radius 2 is 2.43 bits per heavy atom. The van der Waals surface area contributed by atoms with Gasteiger partial charge in [-0.15, -0.1) is 0 Å². The molecule has 0 saturated carbocycles. The second kappa shape index (κ2) is 2.45. The highest BCUT2D eigenvalue weighted by atomic mass is 127. The molecule has 0 unspecified atom stereocenters. The zero-order chi connectivity index (χ0) is 5.11. The average molecular weight is 207 g/mol. The first-order valence-corrected chi connectivity index (χ1v) is 3.35. The molecule has 0 bridgehead atoms. The van der Waals surface area contributed by atoms with E-state index in [4.69, 9.17) is 0 Å². The summed E-state index contributed by atoms with van der Waals surface area (Å²) in [6, 6.07) is 0. The van der Waals surface area contributed by atoms with Crippen LogP contribution in [-0.2, 0) is 0 Å². The Labute approximate surface area is 56.7 Å². The number of halogens is 1. The number of rotatable bonds is 0. The van der Waals surface area contributed by atoms with E-state index in [2.05, 4.69) is 33.7 Å². The molecule has 0 aliphatic carbocycles. The van der Waals surface area contributed by atoms with Crippen molar-refractivity contribution in [1.82, 2.24) is 0 Å². The number of hydrogen-bond acceptors (Lipinski definition) is 1. The van der Waals surface area contributed by atoms with Gasteiger partial charge in [0.1, 0.15) is 0 Å². The van der Waals surface area contributed by atoms with Crippen molar-refractivity contribution in [2.75, 3.05) is 0 Å². The summed E-state index contributed by atoms with van der Waals surface area (Å²) in [5.41, 5.74) is 0. The van der Waals surface area contributed by atoms with E-state index in [-0.39, 0.29) is 0 Å².